The Morgan fingerprint density at radius 3 is 2.43 bits per heavy atom. The van der Waals surface area contributed by atoms with Crippen molar-refractivity contribution in [2.45, 2.75) is 43.9 Å². The van der Waals surface area contributed by atoms with Crippen molar-refractivity contribution in [3.8, 4) is 0 Å². The molecular weight excluding hydrogens is 632 g/mol. The van der Waals surface area contributed by atoms with Gasteiger partial charge in [-0.2, -0.15) is 0 Å². The van der Waals surface area contributed by atoms with Crippen LogP contribution in [0.4, 0.5) is 17.6 Å². The number of allylic oxidation sites excluding steroid dienone is 1. The number of hydrogen-bond acceptors (Lipinski definition) is 8. The second-order valence-corrected chi connectivity index (χ2v) is 13.2. The number of carboxylic acids is 1. The molecule has 2 aliphatic heterocycles. The lowest BCUT2D eigenvalue weighted by atomic mass is 9.85. The maximum absolute atomic E-state index is 14.9. The van der Waals surface area contributed by atoms with Crippen LogP contribution in [0.2, 0.25) is 5.02 Å². The van der Waals surface area contributed by atoms with E-state index in [1.54, 1.807) is 6.92 Å². The minimum Gasteiger partial charge on any atom is -0.481 e. The molecule has 3 aliphatic rings. The van der Waals surface area contributed by atoms with Crippen LogP contribution in [0.3, 0.4) is 0 Å². The number of carbonyl (C=O) groups excluding carboxylic acids is 1. The highest BCUT2D eigenvalue weighted by molar-refractivity contribution is 7.89. The topological polar surface area (TPSA) is 138 Å². The minimum absolute atomic E-state index is 0.0179. The van der Waals surface area contributed by atoms with Crippen molar-refractivity contribution in [1.29, 1.82) is 0 Å². The van der Waals surface area contributed by atoms with Crippen molar-refractivity contribution in [3.63, 3.8) is 0 Å². The predicted molar refractivity (Wildman–Crippen MR) is 149 cm³/mol. The number of pyridine rings is 1. The number of carboxylic acid groups (broad SMARTS) is 1. The zero-order valence-electron chi connectivity index (χ0n) is 23.2. The molecule has 16 heteroatoms. The second-order valence-electron chi connectivity index (χ2n) is 10.6. The summed E-state index contributed by atoms with van der Waals surface area (Å²) < 4.78 is 90.1. The van der Waals surface area contributed by atoms with Gasteiger partial charge in [-0.15, -0.1) is 0 Å². The Kier molecular flexibility index (Phi) is 9.01. The molecule has 0 radical (unpaired) electrons. The molecular formula is C28H27ClF4N4O6S. The van der Waals surface area contributed by atoms with E-state index in [4.69, 9.17) is 21.4 Å². The number of amidine groups is 1. The number of aliphatic imine (C=N–C) groups is 1. The fraction of sp³-hybridized carbons (Fsp3) is 0.429. The standard InChI is InChI=1S/C28H27ClF4N4O6S/c1-2-43-28(40)20-23(13-5-7-37(8-6-13)44(41,42)16-9-14(10-16)27(38)39)35-26(25-19(32)11-15(30)12-34-25)36-24(20)17-3-4-18(31)22(33)21(17)29/h3-4,11-14,16,24H,2,5-10H2,1H3,(H,35,36)(H,38,39)/t14-,16-,24?. The summed E-state index contributed by atoms with van der Waals surface area (Å²) in [5.74, 6) is -8.14. The molecule has 0 amide bonds. The molecule has 1 aromatic carbocycles. The van der Waals surface area contributed by atoms with E-state index in [2.05, 4.69) is 15.3 Å². The van der Waals surface area contributed by atoms with Crippen molar-refractivity contribution in [2.24, 2.45) is 16.8 Å². The zero-order chi connectivity index (χ0) is 31.9. The molecule has 44 heavy (non-hydrogen) atoms. The summed E-state index contributed by atoms with van der Waals surface area (Å²) in [6, 6.07) is 1.07. The lowest BCUT2D eigenvalue weighted by molar-refractivity contribution is -0.144. The maximum Gasteiger partial charge on any atom is 0.338 e. The highest BCUT2D eigenvalue weighted by atomic mass is 35.5. The fourth-order valence-corrected chi connectivity index (χ4v) is 7.98. The van der Waals surface area contributed by atoms with Gasteiger partial charge in [-0.3, -0.25) is 9.79 Å². The third-order valence-electron chi connectivity index (χ3n) is 8.05. The molecule has 2 N–H and O–H groups in total. The van der Waals surface area contributed by atoms with Gasteiger partial charge >= 0.3 is 11.9 Å². The molecule has 1 aromatic heterocycles. The summed E-state index contributed by atoms with van der Waals surface area (Å²) in [6.07, 6.45) is 1.13. The van der Waals surface area contributed by atoms with Crippen molar-refractivity contribution >= 4 is 39.4 Å². The number of hydrogen-bond donors (Lipinski definition) is 2. The van der Waals surface area contributed by atoms with Gasteiger partial charge in [0, 0.05) is 36.3 Å². The number of esters is 1. The molecule has 0 spiro atoms. The Balaban J connectivity index is 1.54. The molecule has 10 nitrogen and oxygen atoms in total. The monoisotopic (exact) mass is 658 g/mol. The van der Waals surface area contributed by atoms with Crippen LogP contribution in [-0.4, -0.2) is 65.5 Å². The highest BCUT2D eigenvalue weighted by Gasteiger charge is 2.46. The van der Waals surface area contributed by atoms with E-state index >= 15 is 0 Å². The van der Waals surface area contributed by atoms with Gasteiger partial charge in [0.25, 0.3) is 0 Å². The third kappa shape index (κ3) is 5.92. The number of nitrogens with one attached hydrogen (secondary N) is 1. The summed E-state index contributed by atoms with van der Waals surface area (Å²) in [6.45, 7) is 1.54. The number of benzene rings is 1. The Hall–Kier alpha value is -3.56. The number of sulfonamides is 1. The number of nitrogens with zero attached hydrogens (tertiary/aromatic N) is 3. The average Bonchev–Trinajstić information content (AvgIpc) is 2.94. The fourth-order valence-electron chi connectivity index (χ4n) is 5.63. The number of ether oxygens (including phenoxy) is 1. The van der Waals surface area contributed by atoms with Crippen molar-refractivity contribution in [1.82, 2.24) is 14.6 Å². The van der Waals surface area contributed by atoms with E-state index in [0.717, 1.165) is 18.3 Å². The van der Waals surface area contributed by atoms with Gasteiger partial charge in [-0.1, -0.05) is 17.7 Å². The zero-order valence-corrected chi connectivity index (χ0v) is 24.8. The summed E-state index contributed by atoms with van der Waals surface area (Å²) in [7, 11) is -3.79. The van der Waals surface area contributed by atoms with Crippen LogP contribution in [-0.2, 0) is 24.3 Å². The predicted octanol–water partition coefficient (Wildman–Crippen LogP) is 4.10. The number of aliphatic carboxylic acids is 1. The van der Waals surface area contributed by atoms with Crippen LogP contribution in [0.25, 0.3) is 0 Å². The first kappa shape index (κ1) is 31.9. The molecule has 0 bridgehead atoms. The van der Waals surface area contributed by atoms with E-state index in [-0.39, 0.29) is 68.0 Å². The van der Waals surface area contributed by atoms with Gasteiger partial charge < -0.3 is 15.2 Å². The number of halogens is 5. The summed E-state index contributed by atoms with van der Waals surface area (Å²) >= 11 is 6.18. The normalized spacial score (nSPS) is 23.0. The van der Waals surface area contributed by atoms with Crippen LogP contribution in [0.5, 0.6) is 0 Å². The van der Waals surface area contributed by atoms with E-state index < -0.39 is 79.1 Å². The van der Waals surface area contributed by atoms with Gasteiger partial charge in [-0.25, -0.2) is 40.1 Å². The number of aromatic nitrogens is 1. The molecule has 3 heterocycles. The smallest absolute Gasteiger partial charge is 0.338 e. The molecule has 2 aromatic rings. The first-order valence-electron chi connectivity index (χ1n) is 13.8. The first-order chi connectivity index (χ1) is 20.8. The molecule has 1 unspecified atom stereocenters. The van der Waals surface area contributed by atoms with Gasteiger partial charge in [-0.05, 0) is 38.7 Å². The molecule has 5 rings (SSSR count). The van der Waals surface area contributed by atoms with Crippen LogP contribution < -0.4 is 5.32 Å². The maximum atomic E-state index is 14.9. The molecule has 1 aliphatic carbocycles. The summed E-state index contributed by atoms with van der Waals surface area (Å²) in [5.41, 5.74) is -0.522. The van der Waals surface area contributed by atoms with Crippen molar-refractivity contribution in [2.75, 3.05) is 19.7 Å². The van der Waals surface area contributed by atoms with E-state index in [0.29, 0.717) is 6.07 Å². The number of rotatable bonds is 8. The van der Waals surface area contributed by atoms with E-state index in [1.807, 2.05) is 0 Å². The molecule has 1 saturated carbocycles. The SMILES string of the molecule is CCOC(=O)C1=C(C2CCN(S(=O)(=O)[C@H]3C[C@H](C(=O)O)C3)CC2)NC(c2ncc(F)cc2F)=NC1c1ccc(F)c(F)c1Cl. The van der Waals surface area contributed by atoms with Gasteiger partial charge in [0.05, 0.1) is 34.6 Å². The van der Waals surface area contributed by atoms with E-state index in [1.165, 1.54) is 4.31 Å². The van der Waals surface area contributed by atoms with Crippen LogP contribution in [0.1, 0.15) is 49.9 Å². The Labute approximate surface area is 254 Å². The lowest BCUT2D eigenvalue weighted by Gasteiger charge is -2.40. The highest BCUT2D eigenvalue weighted by Crippen LogP contribution is 2.42. The Morgan fingerprint density at radius 1 is 1.14 bits per heavy atom. The third-order valence-corrected chi connectivity index (χ3v) is 10.7. The Morgan fingerprint density at radius 2 is 1.82 bits per heavy atom. The van der Waals surface area contributed by atoms with Gasteiger partial charge in [0.15, 0.2) is 23.3 Å². The van der Waals surface area contributed by atoms with Gasteiger partial charge in [0.1, 0.15) is 17.6 Å². The Bertz CT molecular complexity index is 1670. The quantitative estimate of drug-likeness (QED) is 0.246. The molecule has 236 valence electrons. The largest absolute Gasteiger partial charge is 0.481 e. The van der Waals surface area contributed by atoms with Crippen LogP contribution >= 0.6 is 11.6 Å². The summed E-state index contributed by atoms with van der Waals surface area (Å²) in [4.78, 5) is 32.7. The molecule has 2 fully saturated rings. The van der Waals surface area contributed by atoms with Gasteiger partial charge in [0.2, 0.25) is 10.0 Å². The van der Waals surface area contributed by atoms with E-state index in [9.17, 15) is 35.6 Å². The number of carbonyl (C=O) groups is 2. The second kappa shape index (κ2) is 12.4. The van der Waals surface area contributed by atoms with Crippen LogP contribution in [0, 0.1) is 35.1 Å². The summed E-state index contributed by atoms with van der Waals surface area (Å²) in [5, 5.41) is 10.6. The minimum atomic E-state index is -3.79. The van der Waals surface area contributed by atoms with Crippen molar-refractivity contribution in [3.05, 3.63) is 75.2 Å². The molecule has 1 atom stereocenters. The average molecular weight is 659 g/mol. The molecule has 1 saturated heterocycles. The number of piperidine rings is 1. The first-order valence-corrected chi connectivity index (χ1v) is 15.6. The van der Waals surface area contributed by atoms with Crippen molar-refractivity contribution < 1.29 is 45.4 Å². The van der Waals surface area contributed by atoms with Crippen LogP contribution in [0.15, 0.2) is 40.7 Å². The lowest BCUT2D eigenvalue weighted by Crippen LogP contribution is -2.50.